The Balaban J connectivity index is 0.000000149. The maximum absolute atomic E-state index is 6.26. The second-order valence-corrected chi connectivity index (χ2v) is 13.0. The number of hydrogen-bond donors (Lipinski definition) is 1. The van der Waals surface area contributed by atoms with Crippen LogP contribution < -0.4 is 5.73 Å². The molecular weight excluding hydrogens is 643 g/mol. The molecule has 2 N–H and O–H groups in total. The van der Waals surface area contributed by atoms with Crippen molar-refractivity contribution < 1.29 is 8.83 Å². The van der Waals surface area contributed by atoms with Crippen molar-refractivity contribution in [2.24, 2.45) is 0 Å². The Kier molecular flexibility index (Phi) is 9.31. The van der Waals surface area contributed by atoms with Crippen LogP contribution >= 0.6 is 0 Å². The number of nitrogen functional groups attached to an aromatic ring is 1. The van der Waals surface area contributed by atoms with E-state index in [1.807, 2.05) is 66.7 Å². The maximum Gasteiger partial charge on any atom is 0.227 e. The van der Waals surface area contributed by atoms with Crippen molar-refractivity contribution in [3.05, 3.63) is 168 Å². The smallest absolute Gasteiger partial charge is 0.227 e. The fraction of sp³-hybridized carbons (Fsp3) is 0.133. The van der Waals surface area contributed by atoms with E-state index >= 15 is 0 Å². The summed E-state index contributed by atoms with van der Waals surface area (Å²) in [5.74, 6) is 2.27. The first-order chi connectivity index (χ1) is 25.6. The van der Waals surface area contributed by atoms with Crippen molar-refractivity contribution in [1.29, 1.82) is 0 Å². The van der Waals surface area contributed by atoms with Gasteiger partial charge in [-0.05, 0) is 104 Å². The molecule has 7 heteroatoms. The van der Waals surface area contributed by atoms with Gasteiger partial charge in [-0.2, -0.15) is 0 Å². The van der Waals surface area contributed by atoms with E-state index < -0.39 is 0 Å². The minimum absolute atomic E-state index is 0.615. The third-order valence-corrected chi connectivity index (χ3v) is 9.39. The molecule has 52 heavy (non-hydrogen) atoms. The van der Waals surface area contributed by atoms with Crippen LogP contribution in [0.1, 0.15) is 28.9 Å². The van der Waals surface area contributed by atoms with E-state index in [1.54, 1.807) is 0 Å². The van der Waals surface area contributed by atoms with E-state index in [2.05, 4.69) is 100 Å². The van der Waals surface area contributed by atoms with Gasteiger partial charge in [0.2, 0.25) is 11.8 Å². The van der Waals surface area contributed by atoms with E-state index in [0.717, 1.165) is 88.1 Å². The number of aromatic nitrogens is 4. The first kappa shape index (κ1) is 32.7. The number of aryl methyl sites for hydroxylation is 5. The molecule has 3 heterocycles. The molecule has 0 saturated heterocycles. The Morgan fingerprint density at radius 1 is 0.538 bits per heavy atom. The van der Waals surface area contributed by atoms with Gasteiger partial charge in [-0.25, -0.2) is 15.0 Å². The van der Waals surface area contributed by atoms with Crippen LogP contribution in [0.5, 0.6) is 0 Å². The molecule has 9 rings (SSSR count). The zero-order valence-electron chi connectivity index (χ0n) is 29.1. The Bertz CT molecular complexity index is 2520. The third kappa shape index (κ3) is 7.21. The fourth-order valence-electron chi connectivity index (χ4n) is 6.63. The van der Waals surface area contributed by atoms with Gasteiger partial charge >= 0.3 is 0 Å². The molecule has 9 aromatic rings. The van der Waals surface area contributed by atoms with Gasteiger partial charge in [-0.3, -0.25) is 0 Å². The summed E-state index contributed by atoms with van der Waals surface area (Å²) in [6, 6.07) is 49.0. The summed E-state index contributed by atoms with van der Waals surface area (Å²) in [5, 5.41) is 0. The molecule has 0 unspecified atom stereocenters. The molecule has 256 valence electrons. The lowest BCUT2D eigenvalue weighted by atomic mass is 10.0. The molecule has 0 fully saturated rings. The molecule has 3 aromatic heterocycles. The molecule has 0 radical (unpaired) electrons. The minimum atomic E-state index is 0.615. The Morgan fingerprint density at radius 3 is 1.71 bits per heavy atom. The second kappa shape index (κ2) is 14.8. The van der Waals surface area contributed by atoms with Crippen molar-refractivity contribution in [2.75, 3.05) is 5.73 Å². The van der Waals surface area contributed by atoms with Crippen molar-refractivity contribution in [2.45, 2.75) is 39.2 Å². The van der Waals surface area contributed by atoms with E-state index in [1.165, 1.54) is 16.7 Å². The zero-order valence-corrected chi connectivity index (χ0v) is 29.1. The van der Waals surface area contributed by atoms with E-state index in [9.17, 15) is 0 Å². The predicted molar refractivity (Wildman–Crippen MR) is 210 cm³/mol. The van der Waals surface area contributed by atoms with Crippen LogP contribution in [0.4, 0.5) is 5.69 Å². The summed E-state index contributed by atoms with van der Waals surface area (Å²) in [6.45, 7) is 2.97. The van der Waals surface area contributed by atoms with Crippen LogP contribution in [-0.4, -0.2) is 19.5 Å². The summed E-state index contributed by atoms with van der Waals surface area (Å²) in [5.41, 5.74) is 18.3. The summed E-state index contributed by atoms with van der Waals surface area (Å²) < 4.78 is 14.0. The van der Waals surface area contributed by atoms with Crippen LogP contribution in [0.3, 0.4) is 0 Å². The number of imidazole rings is 1. The van der Waals surface area contributed by atoms with Crippen LogP contribution in [0.2, 0.25) is 0 Å². The largest absolute Gasteiger partial charge is 0.436 e. The van der Waals surface area contributed by atoms with Gasteiger partial charge in [-0.1, -0.05) is 91.0 Å². The Labute approximate surface area is 302 Å². The summed E-state index contributed by atoms with van der Waals surface area (Å²) in [4.78, 5) is 13.9. The summed E-state index contributed by atoms with van der Waals surface area (Å²) in [6.07, 6.45) is 4.10. The normalized spacial score (nSPS) is 11.2. The summed E-state index contributed by atoms with van der Waals surface area (Å²) >= 11 is 0. The molecular formula is C45H39N5O2. The summed E-state index contributed by atoms with van der Waals surface area (Å²) in [7, 11) is 0. The van der Waals surface area contributed by atoms with Crippen molar-refractivity contribution >= 4 is 38.9 Å². The number of fused-ring (bicyclic) bond motifs is 3. The molecule has 0 atom stereocenters. The van der Waals surface area contributed by atoms with Gasteiger partial charge in [0.05, 0.1) is 11.0 Å². The standard InChI is InChI=1S/C23H19N3O.C22H20N2O/c1-16-24-20-15-18(23-25-19-9-5-6-10-22(19)27-23)11-12-21(20)26(16)14-13-17-7-3-2-4-8-17;23-19-15-18(22-24-20-11-4-5-12-21(20)25-22)14-13-17(19)10-6-9-16-7-2-1-3-8-16/h2-12,15H,13-14H2,1H3;1-5,7-8,11-15H,6,9-10,23H2. The first-order valence-corrected chi connectivity index (χ1v) is 17.7. The van der Waals surface area contributed by atoms with Gasteiger partial charge in [0, 0.05) is 23.4 Å². The molecule has 0 spiro atoms. The number of benzene rings is 6. The van der Waals surface area contributed by atoms with Gasteiger partial charge in [-0.15, -0.1) is 0 Å². The number of oxazole rings is 2. The minimum Gasteiger partial charge on any atom is -0.436 e. The van der Waals surface area contributed by atoms with Crippen molar-refractivity contribution in [3.8, 4) is 22.9 Å². The zero-order chi connectivity index (χ0) is 35.3. The lowest BCUT2D eigenvalue weighted by Gasteiger charge is -2.07. The SMILES string of the molecule is Cc1nc2cc(-c3nc4ccccc4o3)ccc2n1CCc1ccccc1.Nc1cc(-c2nc3ccccc3o2)ccc1CCCc1ccccc1. The molecule has 0 saturated carbocycles. The average molecular weight is 682 g/mol. The molecule has 7 nitrogen and oxygen atoms in total. The van der Waals surface area contributed by atoms with Gasteiger partial charge in [0.1, 0.15) is 16.9 Å². The highest BCUT2D eigenvalue weighted by Crippen LogP contribution is 2.29. The highest BCUT2D eigenvalue weighted by atomic mass is 16.4. The molecule has 0 aliphatic heterocycles. The van der Waals surface area contributed by atoms with Gasteiger partial charge < -0.3 is 19.1 Å². The van der Waals surface area contributed by atoms with Gasteiger partial charge in [0.25, 0.3) is 0 Å². The topological polar surface area (TPSA) is 95.9 Å². The number of rotatable bonds is 9. The fourth-order valence-corrected chi connectivity index (χ4v) is 6.63. The number of nitrogens with zero attached hydrogens (tertiary/aromatic N) is 4. The van der Waals surface area contributed by atoms with Crippen molar-refractivity contribution in [3.63, 3.8) is 0 Å². The maximum atomic E-state index is 6.26. The number of anilines is 1. The highest BCUT2D eigenvalue weighted by Gasteiger charge is 2.13. The van der Waals surface area contributed by atoms with Gasteiger partial charge in [0.15, 0.2) is 11.2 Å². The van der Waals surface area contributed by atoms with E-state index in [4.69, 9.17) is 19.6 Å². The Morgan fingerprint density at radius 2 is 1.10 bits per heavy atom. The third-order valence-electron chi connectivity index (χ3n) is 9.39. The number of para-hydroxylation sites is 4. The first-order valence-electron chi connectivity index (χ1n) is 17.7. The van der Waals surface area contributed by atoms with Crippen LogP contribution in [0.25, 0.3) is 56.1 Å². The second-order valence-electron chi connectivity index (χ2n) is 13.0. The Hall–Kier alpha value is -6.47. The van der Waals surface area contributed by atoms with Crippen LogP contribution in [0, 0.1) is 6.92 Å². The number of hydrogen-bond acceptors (Lipinski definition) is 6. The van der Waals surface area contributed by atoms with Crippen molar-refractivity contribution in [1.82, 2.24) is 19.5 Å². The monoisotopic (exact) mass is 681 g/mol. The van der Waals surface area contributed by atoms with Crippen LogP contribution in [0.15, 0.2) is 154 Å². The van der Waals surface area contributed by atoms with Crippen LogP contribution in [-0.2, 0) is 25.8 Å². The highest BCUT2D eigenvalue weighted by molar-refractivity contribution is 5.83. The predicted octanol–water partition coefficient (Wildman–Crippen LogP) is 10.6. The molecule has 0 aliphatic carbocycles. The molecule has 0 aliphatic rings. The quantitative estimate of drug-likeness (QED) is 0.152. The molecule has 6 aromatic carbocycles. The van der Waals surface area contributed by atoms with E-state index in [-0.39, 0.29) is 0 Å². The lowest BCUT2D eigenvalue weighted by Crippen LogP contribution is -2.03. The molecule has 0 bridgehead atoms. The lowest BCUT2D eigenvalue weighted by molar-refractivity contribution is 0.619. The number of nitrogens with two attached hydrogens (primary N) is 1. The van der Waals surface area contributed by atoms with E-state index in [0.29, 0.717) is 11.8 Å². The molecule has 0 amide bonds. The average Bonchev–Trinajstić information content (AvgIpc) is 3.90.